The molecule has 1 aliphatic rings. The quantitative estimate of drug-likeness (QED) is 0.0579. The van der Waals surface area contributed by atoms with Crippen LogP contribution in [-0.4, -0.2) is 47.9 Å². The van der Waals surface area contributed by atoms with Crippen molar-refractivity contribution >= 4 is 23.5 Å². The number of anilines is 1. The lowest BCUT2D eigenvalue weighted by atomic mass is 9.78. The Hall–Kier alpha value is -4.90. The van der Waals surface area contributed by atoms with Gasteiger partial charge in [0.1, 0.15) is 18.5 Å². The number of unbranched alkanes of at least 4 members (excludes halogenated alkanes) is 3. The fourth-order valence-electron chi connectivity index (χ4n) is 6.56. The summed E-state index contributed by atoms with van der Waals surface area (Å²) in [5.41, 5.74) is 4.50. The minimum Gasteiger partial charge on any atom is -0.481 e. The van der Waals surface area contributed by atoms with Crippen molar-refractivity contribution in [3.8, 4) is 0 Å². The Morgan fingerprint density at radius 2 is 1.43 bits per heavy atom. The first-order valence-corrected chi connectivity index (χ1v) is 16.9. The van der Waals surface area contributed by atoms with Crippen LogP contribution in [0.1, 0.15) is 85.8 Å². The molecule has 3 aromatic carbocycles. The topological polar surface area (TPSA) is 146 Å². The molecule has 3 atom stereocenters. The number of hydrogen-bond acceptors (Lipinski definition) is 6. The summed E-state index contributed by atoms with van der Waals surface area (Å²) >= 11 is 0. The van der Waals surface area contributed by atoms with Gasteiger partial charge in [-0.05, 0) is 97.9 Å². The van der Waals surface area contributed by atoms with Crippen LogP contribution >= 0.6 is 0 Å². The number of aromatic nitrogens is 3. The summed E-state index contributed by atoms with van der Waals surface area (Å²) in [4.78, 5) is 41.9. The molecule has 1 fully saturated rings. The molecular weight excluding hydrogens is 627 g/mol. The normalized spacial score (nSPS) is 16.5. The van der Waals surface area contributed by atoms with E-state index in [-0.39, 0.29) is 30.1 Å². The van der Waals surface area contributed by atoms with E-state index in [0.717, 1.165) is 55.5 Å². The van der Waals surface area contributed by atoms with Crippen molar-refractivity contribution in [2.24, 2.45) is 11.8 Å². The van der Waals surface area contributed by atoms with Crippen molar-refractivity contribution in [1.29, 1.82) is 0 Å². The van der Waals surface area contributed by atoms with Gasteiger partial charge in [0.25, 0.3) is 0 Å². The third-order valence-electron chi connectivity index (χ3n) is 9.38. The molecule has 2 heterocycles. The zero-order valence-electron chi connectivity index (χ0n) is 27.4. The highest BCUT2D eigenvalue weighted by molar-refractivity contribution is 6.03. The molecule has 0 aliphatic carbocycles. The minimum atomic E-state index is -1.43. The van der Waals surface area contributed by atoms with Crippen LogP contribution < -0.4 is 4.90 Å². The van der Waals surface area contributed by atoms with Crippen LogP contribution in [0, 0.1) is 17.7 Å². The zero-order chi connectivity index (χ0) is 34.8. The van der Waals surface area contributed by atoms with Gasteiger partial charge >= 0.3 is 11.9 Å². The molecule has 5 rings (SSSR count). The number of β-lactam (4-membered cyclic amide) rings is 1. The Balaban J connectivity index is 1.22. The smallest absolute Gasteiger partial charge is 0.317 e. The highest BCUT2D eigenvalue weighted by atomic mass is 19.1. The van der Waals surface area contributed by atoms with Gasteiger partial charge in [-0.15, -0.1) is 0 Å². The molecular formula is C38H43FN4O6. The Bertz CT molecular complexity index is 1650. The van der Waals surface area contributed by atoms with Crippen molar-refractivity contribution < 1.29 is 34.1 Å². The third-order valence-corrected chi connectivity index (χ3v) is 9.38. The molecule has 3 N–H and O–H groups in total. The number of amides is 1. The van der Waals surface area contributed by atoms with E-state index in [2.05, 4.69) is 22.2 Å². The zero-order valence-corrected chi connectivity index (χ0v) is 27.4. The van der Waals surface area contributed by atoms with E-state index < -0.39 is 24.0 Å². The molecule has 0 unspecified atom stereocenters. The maximum atomic E-state index is 13.7. The summed E-state index contributed by atoms with van der Waals surface area (Å²) in [7, 11) is 0. The van der Waals surface area contributed by atoms with Gasteiger partial charge in [-0.25, -0.2) is 9.37 Å². The number of carbonyl (C=O) groups excluding carboxylic acids is 1. The summed E-state index contributed by atoms with van der Waals surface area (Å²) < 4.78 is 15.3. The standard InChI is InChI=1S/C38H43FN4O6/c39-30-17-15-28(16-18-30)34(44)22-21-32-35(29-13-9-27(10-14-29)7-5-8-33(37(46)47)38(48)49)43(36(32)45)31-19-11-26(12-20-31)6-3-1-2-4-23-42-25-40-24-41-42/h9-20,24-25,32-35,44H,1-8,21-23H2,(H,46,47)(H,48,49)/t32-,34+,35-/m1/s1. The number of aliphatic carboxylic acids is 2. The van der Waals surface area contributed by atoms with E-state index in [0.29, 0.717) is 31.2 Å². The lowest BCUT2D eigenvalue weighted by Crippen LogP contribution is -2.55. The number of aryl methyl sites for hydroxylation is 3. The van der Waals surface area contributed by atoms with E-state index in [9.17, 15) is 23.9 Å². The molecule has 10 nitrogen and oxygen atoms in total. The average molecular weight is 671 g/mol. The van der Waals surface area contributed by atoms with Crippen LogP contribution in [0.3, 0.4) is 0 Å². The highest BCUT2D eigenvalue weighted by Crippen LogP contribution is 2.46. The molecule has 1 aromatic heterocycles. The lowest BCUT2D eigenvalue weighted by molar-refractivity contribution is -0.154. The van der Waals surface area contributed by atoms with Crippen LogP contribution in [0.25, 0.3) is 0 Å². The van der Waals surface area contributed by atoms with Crippen LogP contribution in [0.5, 0.6) is 0 Å². The minimum absolute atomic E-state index is 0.0195. The van der Waals surface area contributed by atoms with Gasteiger partial charge in [-0.1, -0.05) is 61.4 Å². The molecule has 0 saturated carbocycles. The van der Waals surface area contributed by atoms with Gasteiger partial charge in [-0.2, -0.15) is 5.10 Å². The average Bonchev–Trinajstić information content (AvgIpc) is 3.62. The van der Waals surface area contributed by atoms with Crippen molar-refractivity contribution in [2.45, 2.75) is 82.9 Å². The number of carboxylic acid groups (broad SMARTS) is 2. The number of halogens is 1. The van der Waals surface area contributed by atoms with E-state index in [1.54, 1.807) is 24.8 Å². The number of hydrogen-bond donors (Lipinski definition) is 3. The molecule has 0 bridgehead atoms. The molecule has 1 saturated heterocycles. The molecule has 258 valence electrons. The van der Waals surface area contributed by atoms with E-state index in [4.69, 9.17) is 10.2 Å². The van der Waals surface area contributed by atoms with Crippen molar-refractivity contribution in [3.63, 3.8) is 0 Å². The summed E-state index contributed by atoms with van der Waals surface area (Å²) in [6, 6.07) is 21.4. The number of benzene rings is 3. The molecule has 4 aromatic rings. The van der Waals surface area contributed by atoms with Gasteiger partial charge < -0.3 is 20.2 Å². The summed E-state index contributed by atoms with van der Waals surface area (Å²) in [6.07, 6.45) is 9.53. The van der Waals surface area contributed by atoms with E-state index in [1.165, 1.54) is 17.7 Å². The van der Waals surface area contributed by atoms with Crippen LogP contribution in [-0.2, 0) is 33.8 Å². The van der Waals surface area contributed by atoms with Gasteiger partial charge in [0.2, 0.25) is 5.91 Å². The Morgan fingerprint density at radius 3 is 2.06 bits per heavy atom. The number of aliphatic hydroxyl groups is 1. The second-order valence-electron chi connectivity index (χ2n) is 12.8. The van der Waals surface area contributed by atoms with Crippen LogP contribution in [0.15, 0.2) is 85.5 Å². The second kappa shape index (κ2) is 17.0. The largest absolute Gasteiger partial charge is 0.481 e. The lowest BCUT2D eigenvalue weighted by Gasteiger charge is -2.48. The molecule has 49 heavy (non-hydrogen) atoms. The van der Waals surface area contributed by atoms with Crippen LogP contribution in [0.2, 0.25) is 0 Å². The number of aliphatic hydroxyl groups excluding tert-OH is 1. The summed E-state index contributed by atoms with van der Waals surface area (Å²) in [6.45, 7) is 0.870. The monoisotopic (exact) mass is 670 g/mol. The number of carboxylic acids is 2. The second-order valence-corrected chi connectivity index (χ2v) is 12.8. The van der Waals surface area contributed by atoms with Gasteiger partial charge in [0, 0.05) is 12.2 Å². The first-order chi connectivity index (χ1) is 23.7. The van der Waals surface area contributed by atoms with Crippen molar-refractivity contribution in [2.75, 3.05) is 4.90 Å². The summed E-state index contributed by atoms with van der Waals surface area (Å²) in [5, 5.41) is 33.2. The third kappa shape index (κ3) is 9.38. The van der Waals surface area contributed by atoms with E-state index >= 15 is 0 Å². The molecule has 0 radical (unpaired) electrons. The Kier molecular flexibility index (Phi) is 12.3. The number of nitrogens with zero attached hydrogens (tertiary/aromatic N) is 4. The predicted molar refractivity (Wildman–Crippen MR) is 181 cm³/mol. The first kappa shape index (κ1) is 35.4. The van der Waals surface area contributed by atoms with Crippen molar-refractivity contribution in [3.05, 3.63) is 114 Å². The fourth-order valence-corrected chi connectivity index (χ4v) is 6.56. The molecule has 1 amide bonds. The number of carbonyl (C=O) groups is 3. The highest BCUT2D eigenvalue weighted by Gasteiger charge is 2.48. The molecule has 1 aliphatic heterocycles. The SMILES string of the molecule is O=C(O)C(CCCc1ccc([C@@H]2[C@@H](CC[C@H](O)c3ccc(F)cc3)C(=O)N2c2ccc(CCCCCCn3cncn3)cc2)cc1)C(=O)O. The van der Waals surface area contributed by atoms with Crippen LogP contribution in [0.4, 0.5) is 10.1 Å². The van der Waals surface area contributed by atoms with Gasteiger partial charge in [0.05, 0.1) is 18.1 Å². The Labute approximate surface area is 285 Å². The van der Waals surface area contributed by atoms with Gasteiger partial charge in [-0.3, -0.25) is 19.1 Å². The molecule has 11 heteroatoms. The summed E-state index contributed by atoms with van der Waals surface area (Å²) in [5.74, 6) is -4.85. The first-order valence-electron chi connectivity index (χ1n) is 16.9. The van der Waals surface area contributed by atoms with Crippen molar-refractivity contribution in [1.82, 2.24) is 14.8 Å². The Morgan fingerprint density at radius 1 is 0.796 bits per heavy atom. The maximum absolute atomic E-state index is 13.7. The molecule has 0 spiro atoms. The van der Waals surface area contributed by atoms with Gasteiger partial charge in [0.15, 0.2) is 5.92 Å². The number of rotatable bonds is 19. The van der Waals surface area contributed by atoms with E-state index in [1.807, 2.05) is 46.0 Å². The maximum Gasteiger partial charge on any atom is 0.317 e. The predicted octanol–water partition coefficient (Wildman–Crippen LogP) is 6.55. The fraction of sp³-hybridized carbons (Fsp3) is 0.395.